The smallest absolute Gasteiger partial charge is 0.221 e. The van der Waals surface area contributed by atoms with Crippen molar-refractivity contribution in [1.82, 2.24) is 0 Å². The van der Waals surface area contributed by atoms with E-state index in [0.717, 1.165) is 5.56 Å². The van der Waals surface area contributed by atoms with Gasteiger partial charge in [-0.25, -0.2) is 0 Å². The third-order valence-corrected chi connectivity index (χ3v) is 2.92. The van der Waals surface area contributed by atoms with Crippen molar-refractivity contribution in [2.45, 2.75) is 25.0 Å². The predicted molar refractivity (Wildman–Crippen MR) is 58.0 cm³/mol. The molecule has 3 nitrogen and oxygen atoms in total. The lowest BCUT2D eigenvalue weighted by molar-refractivity contribution is 0.277. The normalized spacial score (nSPS) is 27.1. The minimum Gasteiger partial charge on any atom is -0.482 e. The number of benzene rings is 1. The number of hydrogen-bond donors (Lipinski definition) is 1. The Morgan fingerprint density at radius 2 is 1.80 bits per heavy atom. The summed E-state index contributed by atoms with van der Waals surface area (Å²) in [4.78, 5) is 0. The van der Waals surface area contributed by atoms with Crippen LogP contribution in [0.15, 0.2) is 30.3 Å². The molecule has 1 fully saturated rings. The summed E-state index contributed by atoms with van der Waals surface area (Å²) < 4.78 is 10.7. The minimum absolute atomic E-state index is 0.165. The van der Waals surface area contributed by atoms with Crippen LogP contribution in [0.3, 0.4) is 0 Å². The second-order valence-electron chi connectivity index (χ2n) is 4.19. The maximum atomic E-state index is 7.85. The van der Waals surface area contributed by atoms with Gasteiger partial charge in [-0.05, 0) is 19.4 Å². The fourth-order valence-corrected chi connectivity index (χ4v) is 2.03. The fourth-order valence-electron chi connectivity index (χ4n) is 2.03. The van der Waals surface area contributed by atoms with Crippen LogP contribution in [-0.2, 0) is 15.1 Å². The van der Waals surface area contributed by atoms with Crippen LogP contribution in [0.5, 0.6) is 0 Å². The highest BCUT2D eigenvalue weighted by Gasteiger charge is 2.69. The van der Waals surface area contributed by atoms with Gasteiger partial charge in [0.2, 0.25) is 5.90 Å². The van der Waals surface area contributed by atoms with Crippen LogP contribution < -0.4 is 0 Å². The molecule has 1 atom stereocenters. The van der Waals surface area contributed by atoms with Crippen molar-refractivity contribution in [3.63, 3.8) is 0 Å². The Morgan fingerprint density at radius 3 is 2.20 bits per heavy atom. The second-order valence-corrected chi connectivity index (χ2v) is 4.19. The maximum Gasteiger partial charge on any atom is 0.221 e. The van der Waals surface area contributed by atoms with Crippen molar-refractivity contribution in [3.05, 3.63) is 35.9 Å². The van der Waals surface area contributed by atoms with Crippen LogP contribution in [0.25, 0.3) is 0 Å². The topological polar surface area (TPSA) is 45.6 Å². The van der Waals surface area contributed by atoms with Crippen molar-refractivity contribution in [3.8, 4) is 0 Å². The molecule has 0 bridgehead atoms. The SMILES string of the molecule is COC(=N)C1(c2ccccc2)OC1(C)C. The monoisotopic (exact) mass is 205 g/mol. The number of hydrogen-bond acceptors (Lipinski definition) is 3. The molecule has 2 rings (SSSR count). The highest BCUT2D eigenvalue weighted by molar-refractivity contribution is 5.88. The zero-order valence-electron chi connectivity index (χ0n) is 9.20. The van der Waals surface area contributed by atoms with Crippen molar-refractivity contribution in [2.75, 3.05) is 7.11 Å². The van der Waals surface area contributed by atoms with E-state index >= 15 is 0 Å². The molecule has 0 spiro atoms. The van der Waals surface area contributed by atoms with Crippen LogP contribution in [0, 0.1) is 5.41 Å². The molecule has 1 aliphatic rings. The second kappa shape index (κ2) is 3.07. The summed E-state index contributed by atoms with van der Waals surface area (Å²) >= 11 is 0. The van der Waals surface area contributed by atoms with Crippen LogP contribution in [0.4, 0.5) is 0 Å². The first-order valence-electron chi connectivity index (χ1n) is 4.93. The molecule has 3 heteroatoms. The molecule has 0 amide bonds. The van der Waals surface area contributed by atoms with Crippen LogP contribution in [0.1, 0.15) is 19.4 Å². The lowest BCUT2D eigenvalue weighted by atomic mass is 9.88. The Hall–Kier alpha value is -1.35. The summed E-state index contributed by atoms with van der Waals surface area (Å²) in [6, 6.07) is 9.75. The zero-order valence-corrected chi connectivity index (χ0v) is 9.20. The van der Waals surface area contributed by atoms with Gasteiger partial charge in [0.1, 0.15) is 5.60 Å². The Balaban J connectivity index is 2.44. The van der Waals surface area contributed by atoms with E-state index in [1.807, 2.05) is 44.2 Å². The summed E-state index contributed by atoms with van der Waals surface area (Å²) in [6.07, 6.45) is 0. The van der Waals surface area contributed by atoms with Gasteiger partial charge in [-0.1, -0.05) is 30.3 Å². The maximum absolute atomic E-state index is 7.85. The van der Waals surface area contributed by atoms with E-state index in [0.29, 0.717) is 0 Å². The standard InChI is InChI=1S/C12H15NO2/c1-11(2)12(15-11,10(13)14-3)9-7-5-4-6-8-9/h4-8,13H,1-3H3. The van der Waals surface area contributed by atoms with Gasteiger partial charge in [0, 0.05) is 0 Å². The van der Waals surface area contributed by atoms with E-state index in [9.17, 15) is 0 Å². The molecule has 1 aromatic carbocycles. The van der Waals surface area contributed by atoms with Crippen molar-refractivity contribution >= 4 is 5.90 Å². The lowest BCUT2D eigenvalue weighted by Gasteiger charge is -2.15. The van der Waals surface area contributed by atoms with Crippen molar-refractivity contribution in [2.24, 2.45) is 0 Å². The summed E-state index contributed by atoms with van der Waals surface area (Å²) in [5.74, 6) is 0.165. The zero-order chi connectivity index (χ0) is 11.1. The molecule has 0 saturated carbocycles. The third kappa shape index (κ3) is 1.27. The summed E-state index contributed by atoms with van der Waals surface area (Å²) in [6.45, 7) is 3.93. The number of ether oxygens (including phenoxy) is 2. The van der Waals surface area contributed by atoms with Gasteiger partial charge in [-0.3, -0.25) is 5.41 Å². The first-order valence-corrected chi connectivity index (χ1v) is 4.93. The first-order chi connectivity index (χ1) is 7.04. The van der Waals surface area contributed by atoms with Crippen LogP contribution >= 0.6 is 0 Å². The summed E-state index contributed by atoms with van der Waals surface area (Å²) in [5.41, 5.74) is -0.0772. The van der Waals surface area contributed by atoms with E-state index < -0.39 is 5.60 Å². The van der Waals surface area contributed by atoms with Crippen molar-refractivity contribution in [1.29, 1.82) is 5.41 Å². The number of epoxide rings is 1. The van der Waals surface area contributed by atoms with E-state index in [1.54, 1.807) is 0 Å². The minimum atomic E-state index is -0.691. The van der Waals surface area contributed by atoms with Gasteiger partial charge in [-0.2, -0.15) is 0 Å². The Labute approximate surface area is 89.5 Å². The molecule has 1 aliphatic heterocycles. The average Bonchev–Trinajstić information content (AvgIpc) is 2.83. The van der Waals surface area contributed by atoms with Gasteiger partial charge >= 0.3 is 0 Å². The van der Waals surface area contributed by atoms with Gasteiger partial charge in [-0.15, -0.1) is 0 Å². The van der Waals surface area contributed by atoms with Crippen LogP contribution in [0.2, 0.25) is 0 Å². The Kier molecular flexibility index (Phi) is 2.08. The lowest BCUT2D eigenvalue weighted by Crippen LogP contribution is -2.29. The Bertz CT molecular complexity index is 386. The number of rotatable bonds is 2. The van der Waals surface area contributed by atoms with Gasteiger partial charge in [0.25, 0.3) is 0 Å². The first kappa shape index (κ1) is 10.2. The van der Waals surface area contributed by atoms with Crippen molar-refractivity contribution < 1.29 is 9.47 Å². The molecule has 1 heterocycles. The highest BCUT2D eigenvalue weighted by atomic mass is 16.7. The molecule has 15 heavy (non-hydrogen) atoms. The van der Waals surface area contributed by atoms with E-state index in [1.165, 1.54) is 7.11 Å². The Morgan fingerprint density at radius 1 is 1.27 bits per heavy atom. The van der Waals surface area contributed by atoms with E-state index in [4.69, 9.17) is 14.9 Å². The number of methoxy groups -OCH3 is 1. The molecule has 1 saturated heterocycles. The molecule has 1 N–H and O–H groups in total. The fraction of sp³-hybridized carbons (Fsp3) is 0.417. The summed E-state index contributed by atoms with van der Waals surface area (Å²) in [5, 5.41) is 7.85. The summed E-state index contributed by atoms with van der Waals surface area (Å²) in [7, 11) is 1.50. The molecule has 1 unspecified atom stereocenters. The third-order valence-electron chi connectivity index (χ3n) is 2.92. The molecule has 0 aliphatic carbocycles. The van der Waals surface area contributed by atoms with Gasteiger partial charge in [0.15, 0.2) is 5.60 Å². The highest BCUT2D eigenvalue weighted by Crippen LogP contribution is 2.56. The van der Waals surface area contributed by atoms with E-state index in [2.05, 4.69) is 0 Å². The van der Waals surface area contributed by atoms with Gasteiger partial charge < -0.3 is 9.47 Å². The molecule has 0 radical (unpaired) electrons. The molecule has 1 aromatic rings. The molecule has 0 aromatic heterocycles. The quantitative estimate of drug-likeness (QED) is 0.457. The molecular formula is C12H15NO2. The largest absolute Gasteiger partial charge is 0.482 e. The predicted octanol–water partition coefficient (Wildman–Crippen LogP) is 2.31. The number of nitrogens with one attached hydrogen (secondary N) is 1. The molecular weight excluding hydrogens is 190 g/mol. The van der Waals surface area contributed by atoms with Crippen LogP contribution in [-0.4, -0.2) is 18.6 Å². The average molecular weight is 205 g/mol. The van der Waals surface area contributed by atoms with E-state index in [-0.39, 0.29) is 11.5 Å². The van der Waals surface area contributed by atoms with Gasteiger partial charge in [0.05, 0.1) is 7.11 Å². The molecule has 80 valence electrons.